The number of hydrogen-bond donors (Lipinski definition) is 0. The third kappa shape index (κ3) is 2.98. The number of hydrogen-bond acceptors (Lipinski definition) is 5. The van der Waals surface area contributed by atoms with E-state index in [1.54, 1.807) is 15.9 Å². The van der Waals surface area contributed by atoms with E-state index in [0.717, 1.165) is 40.1 Å². The summed E-state index contributed by atoms with van der Waals surface area (Å²) < 4.78 is 7.37. The average molecular weight is 421 g/mol. The highest BCUT2D eigenvalue weighted by molar-refractivity contribution is 7.98. The van der Waals surface area contributed by atoms with Crippen LogP contribution in [0, 0.1) is 0 Å². The van der Waals surface area contributed by atoms with E-state index < -0.39 is 0 Å². The van der Waals surface area contributed by atoms with Crippen LogP contribution in [0.25, 0.3) is 26.3 Å². The molecule has 0 N–H and O–H groups in total. The molecule has 0 fully saturated rings. The molecule has 0 bridgehead atoms. The Morgan fingerprint density at radius 2 is 2.03 bits per heavy atom. The van der Waals surface area contributed by atoms with E-state index in [0.29, 0.717) is 11.8 Å². The summed E-state index contributed by atoms with van der Waals surface area (Å²) in [6, 6.07) is 16.2. The first-order valence-electron chi connectivity index (χ1n) is 9.65. The fourth-order valence-electron chi connectivity index (χ4n) is 4.01. The molecule has 0 saturated carbocycles. The molecule has 0 spiro atoms. The fraction of sp³-hybridized carbons (Fsp3) is 0.217. The van der Waals surface area contributed by atoms with Crippen LogP contribution in [0.5, 0.6) is 5.75 Å². The number of nitrogens with zero attached hydrogens (tertiary/aromatic N) is 2. The molecule has 0 atom stereocenters. The maximum atomic E-state index is 13.7. The van der Waals surface area contributed by atoms with Gasteiger partial charge in [0.05, 0.1) is 17.7 Å². The van der Waals surface area contributed by atoms with Gasteiger partial charge in [-0.25, -0.2) is 4.98 Å². The first kappa shape index (κ1) is 18.5. The molecule has 0 saturated heterocycles. The zero-order valence-electron chi connectivity index (χ0n) is 16.3. The topological polar surface area (TPSA) is 44.1 Å². The van der Waals surface area contributed by atoms with Crippen molar-refractivity contribution < 1.29 is 4.74 Å². The number of ether oxygens (including phenoxy) is 1. The average Bonchev–Trinajstić information content (AvgIpc) is 3.13. The van der Waals surface area contributed by atoms with E-state index in [1.165, 1.54) is 27.8 Å². The lowest BCUT2D eigenvalue weighted by Crippen LogP contribution is -2.22. The van der Waals surface area contributed by atoms with Gasteiger partial charge in [0, 0.05) is 10.9 Å². The standard InChI is InChI=1S/C23H20N2O2S2/c1-3-27-16-9-6-8-15(13-16)25-22(26)19-18-12-11-14-7-4-5-10-17(14)20(18)29-21(19)24-23(25)28-2/h4-10,13H,3,11-12H2,1-2H3. The summed E-state index contributed by atoms with van der Waals surface area (Å²) in [5, 5.41) is 1.46. The van der Waals surface area contributed by atoms with Crippen molar-refractivity contribution in [2.45, 2.75) is 24.9 Å². The molecule has 0 aliphatic heterocycles. The van der Waals surface area contributed by atoms with Gasteiger partial charge in [-0.05, 0) is 54.8 Å². The van der Waals surface area contributed by atoms with Crippen LogP contribution in [-0.4, -0.2) is 22.4 Å². The van der Waals surface area contributed by atoms with Gasteiger partial charge in [-0.15, -0.1) is 11.3 Å². The van der Waals surface area contributed by atoms with E-state index in [-0.39, 0.29) is 5.56 Å². The zero-order chi connectivity index (χ0) is 20.0. The second-order valence-electron chi connectivity index (χ2n) is 6.92. The second kappa shape index (κ2) is 7.35. The molecule has 0 amide bonds. The lowest BCUT2D eigenvalue weighted by molar-refractivity contribution is 0.340. The van der Waals surface area contributed by atoms with E-state index in [2.05, 4.69) is 24.3 Å². The molecule has 2 aromatic heterocycles. The number of benzene rings is 2. The van der Waals surface area contributed by atoms with Crippen molar-refractivity contribution in [3.63, 3.8) is 0 Å². The Morgan fingerprint density at radius 1 is 1.17 bits per heavy atom. The summed E-state index contributed by atoms with van der Waals surface area (Å²) in [5.74, 6) is 0.755. The van der Waals surface area contributed by atoms with Crippen LogP contribution in [0.15, 0.2) is 58.5 Å². The summed E-state index contributed by atoms with van der Waals surface area (Å²) >= 11 is 3.13. The summed E-state index contributed by atoms with van der Waals surface area (Å²) in [5.41, 5.74) is 4.53. The Bertz CT molecular complexity index is 1290. The van der Waals surface area contributed by atoms with Crippen molar-refractivity contribution in [1.29, 1.82) is 0 Å². The molecule has 6 heteroatoms. The van der Waals surface area contributed by atoms with Crippen LogP contribution in [0.2, 0.25) is 0 Å². The Labute approximate surface area is 177 Å². The molecule has 2 aromatic carbocycles. The predicted molar refractivity (Wildman–Crippen MR) is 121 cm³/mol. The molecule has 1 aliphatic rings. The molecule has 146 valence electrons. The third-order valence-corrected chi connectivity index (χ3v) is 7.07. The molecule has 0 unspecified atom stereocenters. The lowest BCUT2D eigenvalue weighted by Gasteiger charge is -2.16. The molecular formula is C23H20N2O2S2. The van der Waals surface area contributed by atoms with Crippen LogP contribution in [0.3, 0.4) is 0 Å². The first-order valence-corrected chi connectivity index (χ1v) is 11.7. The van der Waals surface area contributed by atoms with Crippen LogP contribution in [0.1, 0.15) is 18.1 Å². The quantitative estimate of drug-likeness (QED) is 0.330. The smallest absolute Gasteiger partial charge is 0.267 e. The van der Waals surface area contributed by atoms with Gasteiger partial charge in [0.1, 0.15) is 10.6 Å². The number of fused-ring (bicyclic) bond motifs is 5. The van der Waals surface area contributed by atoms with Crippen molar-refractivity contribution in [2.24, 2.45) is 0 Å². The first-order chi connectivity index (χ1) is 14.2. The van der Waals surface area contributed by atoms with Gasteiger partial charge in [-0.1, -0.05) is 42.1 Å². The number of aryl methyl sites for hydroxylation is 2. The SMILES string of the molecule is CCOc1cccc(-n2c(SC)nc3sc4c(c3c2=O)CCc2ccccc2-4)c1. The highest BCUT2D eigenvalue weighted by Crippen LogP contribution is 2.42. The minimum Gasteiger partial charge on any atom is -0.494 e. The van der Waals surface area contributed by atoms with Crippen molar-refractivity contribution in [3.05, 3.63) is 70.0 Å². The number of thioether (sulfide) groups is 1. The molecule has 0 radical (unpaired) electrons. The Morgan fingerprint density at radius 3 is 2.86 bits per heavy atom. The minimum absolute atomic E-state index is 0.00452. The van der Waals surface area contributed by atoms with Crippen molar-refractivity contribution in [3.8, 4) is 21.9 Å². The predicted octanol–water partition coefficient (Wildman–Crippen LogP) is 5.33. The highest BCUT2D eigenvalue weighted by atomic mass is 32.2. The van der Waals surface area contributed by atoms with Crippen LogP contribution in [-0.2, 0) is 12.8 Å². The van der Waals surface area contributed by atoms with E-state index in [1.807, 2.05) is 37.4 Å². The normalized spacial score (nSPS) is 12.6. The van der Waals surface area contributed by atoms with Crippen molar-refractivity contribution in [1.82, 2.24) is 9.55 Å². The van der Waals surface area contributed by atoms with Gasteiger partial charge in [0.25, 0.3) is 5.56 Å². The molecule has 5 rings (SSSR count). The molecule has 29 heavy (non-hydrogen) atoms. The van der Waals surface area contributed by atoms with Gasteiger partial charge in [0.15, 0.2) is 5.16 Å². The Kier molecular flexibility index (Phi) is 4.68. The van der Waals surface area contributed by atoms with Crippen LogP contribution >= 0.6 is 23.1 Å². The van der Waals surface area contributed by atoms with Gasteiger partial charge >= 0.3 is 0 Å². The van der Waals surface area contributed by atoms with Crippen LogP contribution in [0.4, 0.5) is 0 Å². The fourth-order valence-corrected chi connectivity index (χ4v) is 5.89. The minimum atomic E-state index is 0.00452. The molecule has 1 aliphatic carbocycles. The van der Waals surface area contributed by atoms with Crippen molar-refractivity contribution >= 4 is 33.3 Å². The Balaban J connectivity index is 1.78. The second-order valence-corrected chi connectivity index (χ2v) is 8.69. The Hall–Kier alpha value is -2.57. The highest BCUT2D eigenvalue weighted by Gasteiger charge is 2.25. The van der Waals surface area contributed by atoms with Crippen LogP contribution < -0.4 is 10.3 Å². The van der Waals surface area contributed by atoms with Gasteiger partial charge in [-0.2, -0.15) is 0 Å². The number of aromatic nitrogens is 2. The van der Waals surface area contributed by atoms with Gasteiger partial charge in [-0.3, -0.25) is 9.36 Å². The lowest BCUT2D eigenvalue weighted by atomic mass is 9.90. The molecular weight excluding hydrogens is 400 g/mol. The summed E-state index contributed by atoms with van der Waals surface area (Å²) in [6.07, 6.45) is 3.79. The maximum Gasteiger partial charge on any atom is 0.267 e. The number of rotatable bonds is 4. The van der Waals surface area contributed by atoms with Crippen molar-refractivity contribution in [2.75, 3.05) is 12.9 Å². The summed E-state index contributed by atoms with van der Waals surface area (Å²) in [7, 11) is 0. The zero-order valence-corrected chi connectivity index (χ0v) is 17.9. The third-order valence-electron chi connectivity index (χ3n) is 5.27. The summed E-state index contributed by atoms with van der Waals surface area (Å²) in [6.45, 7) is 2.54. The van der Waals surface area contributed by atoms with E-state index >= 15 is 0 Å². The molecule has 2 heterocycles. The molecule has 4 aromatic rings. The van der Waals surface area contributed by atoms with Gasteiger partial charge < -0.3 is 4.74 Å². The van der Waals surface area contributed by atoms with Gasteiger partial charge in [0.2, 0.25) is 0 Å². The van der Waals surface area contributed by atoms with E-state index in [4.69, 9.17) is 9.72 Å². The largest absolute Gasteiger partial charge is 0.494 e. The summed E-state index contributed by atoms with van der Waals surface area (Å²) in [4.78, 5) is 20.6. The molecule has 4 nitrogen and oxygen atoms in total. The maximum absolute atomic E-state index is 13.7. The number of thiophene rings is 1. The van der Waals surface area contributed by atoms with E-state index in [9.17, 15) is 4.79 Å². The monoisotopic (exact) mass is 420 g/mol.